The van der Waals surface area contributed by atoms with E-state index >= 15 is 0 Å². The number of likely N-dealkylation sites (tertiary alicyclic amines) is 1. The van der Waals surface area contributed by atoms with Crippen LogP contribution >= 0.6 is 0 Å². The molecule has 0 aromatic heterocycles. The number of alkyl halides is 3. The molecule has 1 aromatic carbocycles. The Balaban J connectivity index is 1.33. The SMILES string of the molecule is O=C1[C@@H]2[C@@H]3C=C[C@H]([C@@H]4C[C@H]34)[C@H]2C(=O)N1CNc1cccc(C(F)(F)F)c1. The third-order valence-corrected chi connectivity index (χ3v) is 6.39. The Morgan fingerprint density at radius 1 is 1.04 bits per heavy atom. The highest BCUT2D eigenvalue weighted by molar-refractivity contribution is 6.06. The standard InChI is InChI=1S/C19H17F3N2O2/c20-19(21,22)9-2-1-3-10(6-9)23-8-24-17(25)15-11-4-5-12(14-7-13(11)14)16(15)18(24)26/h1-6,11-16,23H,7-8H2/t11-,12-,13-,14+,15-,16-/m1/s1. The number of carbonyl (C=O) groups is 2. The van der Waals surface area contributed by atoms with Crippen LogP contribution in [0.2, 0.25) is 0 Å². The first kappa shape index (κ1) is 15.9. The van der Waals surface area contributed by atoms with Crippen LogP contribution in [-0.2, 0) is 15.8 Å². The van der Waals surface area contributed by atoms with Gasteiger partial charge in [-0.2, -0.15) is 13.2 Å². The summed E-state index contributed by atoms with van der Waals surface area (Å²) in [6.45, 7) is -0.0965. The predicted octanol–water partition coefficient (Wildman–Crippen LogP) is 3.13. The normalized spacial score (nSPS) is 37.0. The van der Waals surface area contributed by atoms with Gasteiger partial charge in [0.1, 0.15) is 0 Å². The number of hydrogen-bond acceptors (Lipinski definition) is 3. The van der Waals surface area contributed by atoms with E-state index in [-0.39, 0.29) is 47.8 Å². The van der Waals surface area contributed by atoms with Crippen LogP contribution in [0.25, 0.3) is 0 Å². The zero-order valence-electron chi connectivity index (χ0n) is 13.7. The van der Waals surface area contributed by atoms with Crippen LogP contribution in [0.3, 0.4) is 0 Å². The number of benzene rings is 1. The number of rotatable bonds is 3. The zero-order valence-corrected chi connectivity index (χ0v) is 13.7. The van der Waals surface area contributed by atoms with Gasteiger partial charge in [0, 0.05) is 5.69 Å². The van der Waals surface area contributed by atoms with E-state index in [2.05, 4.69) is 17.5 Å². The molecule has 1 saturated heterocycles. The molecule has 136 valence electrons. The molecule has 7 heteroatoms. The number of anilines is 1. The van der Waals surface area contributed by atoms with Gasteiger partial charge in [-0.05, 0) is 48.3 Å². The Kier molecular flexibility index (Phi) is 3.13. The molecule has 5 aliphatic rings. The molecule has 6 rings (SSSR count). The molecule has 6 atom stereocenters. The highest BCUT2D eigenvalue weighted by atomic mass is 19.4. The minimum atomic E-state index is -4.43. The van der Waals surface area contributed by atoms with E-state index in [1.807, 2.05) is 0 Å². The monoisotopic (exact) mass is 362 g/mol. The summed E-state index contributed by atoms with van der Waals surface area (Å²) in [5, 5.41) is 2.81. The van der Waals surface area contributed by atoms with E-state index in [1.54, 1.807) is 0 Å². The first-order valence-electron chi connectivity index (χ1n) is 8.81. The lowest BCUT2D eigenvalue weighted by molar-refractivity contribution is -0.140. The van der Waals surface area contributed by atoms with E-state index in [0.717, 1.165) is 18.6 Å². The molecule has 0 spiro atoms. The quantitative estimate of drug-likeness (QED) is 0.664. The topological polar surface area (TPSA) is 49.4 Å². The second-order valence-corrected chi connectivity index (χ2v) is 7.67. The summed E-state index contributed by atoms with van der Waals surface area (Å²) in [6.07, 6.45) is 0.847. The summed E-state index contributed by atoms with van der Waals surface area (Å²) in [5.74, 6) is 0.385. The molecular formula is C19H17F3N2O2. The minimum Gasteiger partial charge on any atom is -0.367 e. The average molecular weight is 362 g/mol. The molecular weight excluding hydrogens is 345 g/mol. The average Bonchev–Trinajstić information content (AvgIpc) is 3.38. The van der Waals surface area contributed by atoms with Crippen molar-refractivity contribution in [3.63, 3.8) is 0 Å². The summed E-state index contributed by atoms with van der Waals surface area (Å²) in [5.41, 5.74) is -0.531. The highest BCUT2D eigenvalue weighted by Crippen LogP contribution is 2.65. The zero-order chi connectivity index (χ0) is 18.2. The highest BCUT2D eigenvalue weighted by Gasteiger charge is 2.66. The van der Waals surface area contributed by atoms with Gasteiger partial charge in [-0.3, -0.25) is 14.5 Å². The molecule has 1 aliphatic heterocycles. The summed E-state index contributed by atoms with van der Waals surface area (Å²) in [7, 11) is 0. The van der Waals surface area contributed by atoms with E-state index in [9.17, 15) is 22.8 Å². The Morgan fingerprint density at radius 3 is 2.23 bits per heavy atom. The number of hydrogen-bond donors (Lipinski definition) is 1. The molecule has 0 unspecified atom stereocenters. The Morgan fingerprint density at radius 2 is 1.65 bits per heavy atom. The predicted molar refractivity (Wildman–Crippen MR) is 86.5 cm³/mol. The maximum Gasteiger partial charge on any atom is 0.416 e. The van der Waals surface area contributed by atoms with E-state index in [0.29, 0.717) is 11.8 Å². The van der Waals surface area contributed by atoms with E-state index in [4.69, 9.17) is 0 Å². The van der Waals surface area contributed by atoms with Gasteiger partial charge in [-0.15, -0.1) is 0 Å². The van der Waals surface area contributed by atoms with Crippen LogP contribution in [0.5, 0.6) is 0 Å². The minimum absolute atomic E-state index is 0.0965. The lowest BCUT2D eigenvalue weighted by Crippen LogP contribution is -2.40. The number of imide groups is 1. The molecule has 4 nitrogen and oxygen atoms in total. The second kappa shape index (κ2) is 5.11. The Labute approximate surface area is 148 Å². The maximum atomic E-state index is 12.8. The molecule has 4 aliphatic carbocycles. The molecule has 1 N–H and O–H groups in total. The van der Waals surface area contributed by atoms with Crippen molar-refractivity contribution in [1.29, 1.82) is 0 Å². The maximum absolute atomic E-state index is 12.8. The van der Waals surface area contributed by atoms with Crippen LogP contribution in [0, 0.1) is 35.5 Å². The van der Waals surface area contributed by atoms with Crippen molar-refractivity contribution in [2.75, 3.05) is 12.0 Å². The lowest BCUT2D eigenvalue weighted by atomic mass is 9.63. The fourth-order valence-corrected chi connectivity index (χ4v) is 5.15. The molecule has 3 fully saturated rings. The van der Waals surface area contributed by atoms with Gasteiger partial charge >= 0.3 is 6.18 Å². The third-order valence-electron chi connectivity index (χ3n) is 6.39. The van der Waals surface area contributed by atoms with Crippen molar-refractivity contribution < 1.29 is 22.8 Å². The van der Waals surface area contributed by atoms with Gasteiger partial charge in [-0.25, -0.2) is 0 Å². The van der Waals surface area contributed by atoms with Gasteiger partial charge in [0.05, 0.1) is 24.1 Å². The van der Waals surface area contributed by atoms with Gasteiger partial charge in [0.2, 0.25) is 11.8 Å². The molecule has 26 heavy (non-hydrogen) atoms. The molecule has 0 radical (unpaired) electrons. The Bertz CT molecular complexity index is 798. The molecule has 2 saturated carbocycles. The number of halogens is 3. The van der Waals surface area contributed by atoms with Crippen LogP contribution < -0.4 is 5.32 Å². The number of nitrogens with one attached hydrogen (secondary N) is 1. The summed E-state index contributed by atoms with van der Waals surface area (Å²) in [4.78, 5) is 26.8. The summed E-state index contributed by atoms with van der Waals surface area (Å²) < 4.78 is 38.4. The fraction of sp³-hybridized carbons (Fsp3) is 0.474. The molecule has 1 heterocycles. The molecule has 2 amide bonds. The van der Waals surface area contributed by atoms with Gasteiger partial charge in [0.15, 0.2) is 0 Å². The van der Waals surface area contributed by atoms with Crippen LogP contribution in [0.15, 0.2) is 36.4 Å². The van der Waals surface area contributed by atoms with Crippen molar-refractivity contribution in [2.45, 2.75) is 12.6 Å². The number of allylic oxidation sites excluding steroid dienone is 2. The van der Waals surface area contributed by atoms with Crippen LogP contribution in [0.1, 0.15) is 12.0 Å². The fourth-order valence-electron chi connectivity index (χ4n) is 5.15. The van der Waals surface area contributed by atoms with Crippen molar-refractivity contribution in [3.8, 4) is 0 Å². The van der Waals surface area contributed by atoms with Crippen molar-refractivity contribution in [3.05, 3.63) is 42.0 Å². The largest absolute Gasteiger partial charge is 0.416 e. The third kappa shape index (κ3) is 2.15. The summed E-state index contributed by atoms with van der Waals surface area (Å²) in [6, 6.07) is 4.77. The van der Waals surface area contributed by atoms with Gasteiger partial charge in [-0.1, -0.05) is 18.2 Å². The molecule has 1 aromatic rings. The van der Waals surface area contributed by atoms with Gasteiger partial charge in [0.25, 0.3) is 0 Å². The summed E-state index contributed by atoms with van der Waals surface area (Å²) >= 11 is 0. The first-order chi connectivity index (χ1) is 12.4. The van der Waals surface area contributed by atoms with E-state index in [1.165, 1.54) is 17.0 Å². The van der Waals surface area contributed by atoms with Crippen molar-refractivity contribution >= 4 is 17.5 Å². The van der Waals surface area contributed by atoms with Gasteiger partial charge < -0.3 is 5.32 Å². The van der Waals surface area contributed by atoms with Crippen LogP contribution in [0.4, 0.5) is 18.9 Å². The smallest absolute Gasteiger partial charge is 0.367 e. The number of amides is 2. The van der Waals surface area contributed by atoms with E-state index < -0.39 is 11.7 Å². The molecule has 2 bridgehead atoms. The van der Waals surface area contributed by atoms with Crippen molar-refractivity contribution in [1.82, 2.24) is 4.90 Å². The second-order valence-electron chi connectivity index (χ2n) is 7.67. The first-order valence-corrected chi connectivity index (χ1v) is 8.81. The lowest BCUT2D eigenvalue weighted by Gasteiger charge is -2.37. The van der Waals surface area contributed by atoms with Crippen LogP contribution in [-0.4, -0.2) is 23.4 Å². The van der Waals surface area contributed by atoms with Crippen molar-refractivity contribution in [2.24, 2.45) is 35.5 Å². The number of carbonyl (C=O) groups excluding carboxylic acids is 2. The number of nitrogens with zero attached hydrogens (tertiary/aromatic N) is 1. The Hall–Kier alpha value is -2.31.